The van der Waals surface area contributed by atoms with Gasteiger partial charge in [-0.1, -0.05) is 12.8 Å². The summed E-state index contributed by atoms with van der Waals surface area (Å²) in [4.78, 5) is 8.56. The topological polar surface area (TPSA) is 51.8 Å². The number of hydrogen-bond donors (Lipinski definition) is 1. The van der Waals surface area contributed by atoms with Crippen LogP contribution in [0.5, 0.6) is 0 Å². The Morgan fingerprint density at radius 3 is 2.71 bits per heavy atom. The van der Waals surface area contributed by atoms with Crippen LogP contribution in [0.3, 0.4) is 0 Å². The maximum atomic E-state index is 5.61. The van der Waals surface area contributed by atoms with E-state index in [0.29, 0.717) is 6.54 Å². The first kappa shape index (κ1) is 9.93. The molecule has 76 valence electrons. The van der Waals surface area contributed by atoms with Crippen LogP contribution >= 0.6 is 11.8 Å². The van der Waals surface area contributed by atoms with Gasteiger partial charge in [0.25, 0.3) is 0 Å². The molecule has 0 spiro atoms. The van der Waals surface area contributed by atoms with Crippen molar-refractivity contribution >= 4 is 11.8 Å². The van der Waals surface area contributed by atoms with Crippen molar-refractivity contribution in [2.45, 2.75) is 42.5 Å². The fourth-order valence-corrected chi connectivity index (χ4v) is 3.04. The summed E-state index contributed by atoms with van der Waals surface area (Å²) in [6.07, 6.45) is 8.79. The molecule has 0 aliphatic heterocycles. The van der Waals surface area contributed by atoms with Crippen molar-refractivity contribution in [1.29, 1.82) is 0 Å². The molecule has 1 heterocycles. The van der Waals surface area contributed by atoms with Crippen LogP contribution in [0.25, 0.3) is 0 Å². The third-order valence-electron chi connectivity index (χ3n) is 2.51. The Labute approximate surface area is 88.5 Å². The van der Waals surface area contributed by atoms with Crippen molar-refractivity contribution < 1.29 is 0 Å². The predicted molar refractivity (Wildman–Crippen MR) is 58.0 cm³/mol. The summed E-state index contributed by atoms with van der Waals surface area (Å²) in [5, 5.41) is 1.76. The SMILES string of the molecule is NCc1nccnc1SC1CCCC1. The van der Waals surface area contributed by atoms with Crippen LogP contribution in [-0.2, 0) is 6.54 Å². The molecule has 1 aliphatic carbocycles. The highest BCUT2D eigenvalue weighted by Gasteiger charge is 2.18. The smallest absolute Gasteiger partial charge is 0.119 e. The summed E-state index contributed by atoms with van der Waals surface area (Å²) in [6.45, 7) is 0.489. The summed E-state index contributed by atoms with van der Waals surface area (Å²) in [5.74, 6) is 0. The molecule has 2 rings (SSSR count). The largest absolute Gasteiger partial charge is 0.325 e. The van der Waals surface area contributed by atoms with Gasteiger partial charge in [-0.2, -0.15) is 0 Å². The standard InChI is InChI=1S/C10H15N3S/c11-7-9-10(13-6-5-12-9)14-8-3-1-2-4-8/h5-6,8H,1-4,7,11H2. The molecule has 4 heteroatoms. The van der Waals surface area contributed by atoms with Crippen molar-refractivity contribution in [3.63, 3.8) is 0 Å². The fourth-order valence-electron chi connectivity index (χ4n) is 1.76. The molecule has 3 nitrogen and oxygen atoms in total. The highest BCUT2D eigenvalue weighted by molar-refractivity contribution is 7.99. The Morgan fingerprint density at radius 2 is 2.00 bits per heavy atom. The van der Waals surface area contributed by atoms with Crippen LogP contribution in [-0.4, -0.2) is 15.2 Å². The van der Waals surface area contributed by atoms with Gasteiger partial charge < -0.3 is 5.73 Å². The molecule has 0 saturated heterocycles. The number of nitrogens with two attached hydrogens (primary N) is 1. The molecule has 1 aromatic rings. The zero-order valence-electron chi connectivity index (χ0n) is 8.15. The first-order valence-corrected chi connectivity index (χ1v) is 5.94. The van der Waals surface area contributed by atoms with Gasteiger partial charge in [-0.3, -0.25) is 4.98 Å². The van der Waals surface area contributed by atoms with E-state index in [0.717, 1.165) is 16.0 Å². The maximum absolute atomic E-state index is 5.61. The molecule has 1 saturated carbocycles. The van der Waals surface area contributed by atoms with Crippen LogP contribution in [0, 0.1) is 0 Å². The zero-order chi connectivity index (χ0) is 9.80. The summed E-state index contributed by atoms with van der Waals surface area (Å²) in [5.41, 5.74) is 6.54. The molecule has 0 radical (unpaired) electrons. The van der Waals surface area contributed by atoms with Gasteiger partial charge in [0, 0.05) is 24.2 Å². The number of nitrogens with zero attached hydrogens (tertiary/aromatic N) is 2. The quantitative estimate of drug-likeness (QED) is 0.827. The van der Waals surface area contributed by atoms with Gasteiger partial charge in [0.15, 0.2) is 0 Å². The molecule has 1 aromatic heterocycles. The minimum atomic E-state index is 0.489. The molecule has 0 amide bonds. The lowest BCUT2D eigenvalue weighted by Crippen LogP contribution is -2.05. The van der Waals surface area contributed by atoms with Crippen molar-refractivity contribution in [1.82, 2.24) is 9.97 Å². The second-order valence-corrected chi connectivity index (χ2v) is 4.83. The van der Waals surface area contributed by atoms with Crippen LogP contribution in [0.1, 0.15) is 31.4 Å². The van der Waals surface area contributed by atoms with E-state index in [2.05, 4.69) is 9.97 Å². The molecular weight excluding hydrogens is 194 g/mol. The Balaban J connectivity index is 2.07. The lowest BCUT2D eigenvalue weighted by Gasteiger charge is -2.09. The number of rotatable bonds is 3. The van der Waals surface area contributed by atoms with Gasteiger partial charge in [-0.05, 0) is 12.8 Å². The van der Waals surface area contributed by atoms with E-state index < -0.39 is 0 Å². The van der Waals surface area contributed by atoms with Crippen LogP contribution in [0.2, 0.25) is 0 Å². The number of hydrogen-bond acceptors (Lipinski definition) is 4. The average Bonchev–Trinajstić information content (AvgIpc) is 2.71. The van der Waals surface area contributed by atoms with Crippen LogP contribution < -0.4 is 5.73 Å². The second-order valence-electron chi connectivity index (χ2n) is 3.54. The van der Waals surface area contributed by atoms with E-state index in [-0.39, 0.29) is 0 Å². The fraction of sp³-hybridized carbons (Fsp3) is 0.600. The third kappa shape index (κ3) is 2.25. The van der Waals surface area contributed by atoms with Crippen LogP contribution in [0.15, 0.2) is 17.4 Å². The lowest BCUT2D eigenvalue weighted by atomic mass is 10.4. The van der Waals surface area contributed by atoms with E-state index in [1.54, 1.807) is 12.4 Å². The van der Waals surface area contributed by atoms with Gasteiger partial charge in [-0.25, -0.2) is 4.98 Å². The summed E-state index contributed by atoms with van der Waals surface area (Å²) in [7, 11) is 0. The van der Waals surface area contributed by atoms with Gasteiger partial charge in [0.1, 0.15) is 5.03 Å². The van der Waals surface area contributed by atoms with E-state index >= 15 is 0 Å². The van der Waals surface area contributed by atoms with Gasteiger partial charge in [-0.15, -0.1) is 11.8 Å². The van der Waals surface area contributed by atoms with E-state index in [9.17, 15) is 0 Å². The zero-order valence-corrected chi connectivity index (χ0v) is 8.96. The molecule has 1 fully saturated rings. The Kier molecular flexibility index (Phi) is 3.37. The summed E-state index contributed by atoms with van der Waals surface area (Å²) in [6, 6.07) is 0. The molecule has 0 unspecified atom stereocenters. The summed E-state index contributed by atoms with van der Waals surface area (Å²) < 4.78 is 0. The first-order chi connectivity index (χ1) is 6.90. The molecular formula is C10H15N3S. The van der Waals surface area contributed by atoms with Crippen molar-refractivity contribution in [3.8, 4) is 0 Å². The Bertz CT molecular complexity index is 297. The number of thioether (sulfide) groups is 1. The maximum Gasteiger partial charge on any atom is 0.119 e. The average molecular weight is 209 g/mol. The minimum Gasteiger partial charge on any atom is -0.325 e. The lowest BCUT2D eigenvalue weighted by molar-refractivity contribution is 0.863. The van der Waals surface area contributed by atoms with Crippen LogP contribution in [0.4, 0.5) is 0 Å². The second kappa shape index (κ2) is 4.75. The van der Waals surface area contributed by atoms with E-state index in [1.165, 1.54) is 25.7 Å². The normalized spacial score (nSPS) is 17.5. The molecule has 2 N–H and O–H groups in total. The van der Waals surface area contributed by atoms with Gasteiger partial charge >= 0.3 is 0 Å². The van der Waals surface area contributed by atoms with Gasteiger partial charge in [0.05, 0.1) is 5.69 Å². The first-order valence-electron chi connectivity index (χ1n) is 5.07. The highest BCUT2D eigenvalue weighted by Crippen LogP contribution is 2.34. The highest BCUT2D eigenvalue weighted by atomic mass is 32.2. The molecule has 0 atom stereocenters. The summed E-state index contributed by atoms with van der Waals surface area (Å²) >= 11 is 1.85. The van der Waals surface area contributed by atoms with E-state index in [4.69, 9.17) is 5.73 Å². The molecule has 1 aliphatic rings. The Morgan fingerprint density at radius 1 is 1.29 bits per heavy atom. The van der Waals surface area contributed by atoms with Crippen molar-refractivity contribution in [2.24, 2.45) is 5.73 Å². The predicted octanol–water partition coefficient (Wildman–Crippen LogP) is 1.97. The Hall–Kier alpha value is -0.610. The third-order valence-corrected chi connectivity index (χ3v) is 3.88. The molecule has 0 bridgehead atoms. The van der Waals surface area contributed by atoms with Crippen molar-refractivity contribution in [2.75, 3.05) is 0 Å². The molecule has 0 aromatic carbocycles. The number of aromatic nitrogens is 2. The molecule has 14 heavy (non-hydrogen) atoms. The van der Waals surface area contributed by atoms with E-state index in [1.807, 2.05) is 11.8 Å². The monoisotopic (exact) mass is 209 g/mol. The van der Waals surface area contributed by atoms with Crippen molar-refractivity contribution in [3.05, 3.63) is 18.1 Å². The van der Waals surface area contributed by atoms with Gasteiger partial charge in [0.2, 0.25) is 0 Å². The minimum absolute atomic E-state index is 0.489.